The number of amides is 1. The minimum atomic E-state index is -0.323. The van der Waals surface area contributed by atoms with E-state index in [4.69, 9.17) is 14.2 Å². The molecule has 0 aliphatic carbocycles. The number of ether oxygens (including phenoxy) is 3. The summed E-state index contributed by atoms with van der Waals surface area (Å²) in [6, 6.07) is 17.8. The molecule has 0 unspecified atom stereocenters. The molecule has 0 aliphatic rings. The van der Waals surface area contributed by atoms with E-state index >= 15 is 0 Å². The highest BCUT2D eigenvalue weighted by Gasteiger charge is 2.08. The minimum absolute atomic E-state index is 0.116. The molecule has 0 atom stereocenters. The Bertz CT molecular complexity index is 917. The smallest absolute Gasteiger partial charge is 0.263 e. The molecule has 0 saturated carbocycles. The lowest BCUT2D eigenvalue weighted by molar-refractivity contribution is -0.118. The van der Waals surface area contributed by atoms with E-state index in [9.17, 15) is 4.79 Å². The first kappa shape index (κ1) is 19.0. The van der Waals surface area contributed by atoms with Crippen LogP contribution in [0.5, 0.6) is 17.2 Å². The van der Waals surface area contributed by atoms with Crippen molar-refractivity contribution in [1.82, 2.24) is 10.2 Å². The number of carbonyl (C=O) groups excluding carboxylic acids is 1. The standard InChI is InChI=1S/C20H20N4O4/c1-26-15-8-9-16(17(12-15)27-2)21-18-10-11-19(24-23-18)22-20(25)13-28-14-6-4-3-5-7-14/h3-12H,13H2,1-2H3,(H,21,23)(H,22,24,25). The Labute approximate surface area is 162 Å². The maximum atomic E-state index is 12.0. The van der Waals surface area contributed by atoms with E-state index in [0.29, 0.717) is 34.6 Å². The third kappa shape index (κ3) is 5.10. The summed E-state index contributed by atoms with van der Waals surface area (Å²) in [5.41, 5.74) is 0.714. The fourth-order valence-electron chi connectivity index (χ4n) is 2.35. The summed E-state index contributed by atoms with van der Waals surface area (Å²) in [6.07, 6.45) is 0. The largest absolute Gasteiger partial charge is 0.497 e. The molecule has 28 heavy (non-hydrogen) atoms. The number of nitrogens with one attached hydrogen (secondary N) is 2. The van der Waals surface area contributed by atoms with Gasteiger partial charge in [-0.05, 0) is 36.4 Å². The van der Waals surface area contributed by atoms with E-state index in [2.05, 4.69) is 20.8 Å². The number of anilines is 3. The van der Waals surface area contributed by atoms with Crippen molar-refractivity contribution in [1.29, 1.82) is 0 Å². The number of hydrogen-bond donors (Lipinski definition) is 2. The van der Waals surface area contributed by atoms with Gasteiger partial charge in [-0.25, -0.2) is 0 Å². The zero-order chi connectivity index (χ0) is 19.8. The van der Waals surface area contributed by atoms with Crippen LogP contribution in [0.3, 0.4) is 0 Å². The number of benzene rings is 2. The van der Waals surface area contributed by atoms with Crippen LogP contribution < -0.4 is 24.8 Å². The molecule has 1 amide bonds. The second kappa shape index (κ2) is 9.22. The number of carbonyl (C=O) groups is 1. The minimum Gasteiger partial charge on any atom is -0.497 e. The van der Waals surface area contributed by atoms with Crippen molar-refractivity contribution >= 4 is 23.2 Å². The molecular weight excluding hydrogens is 360 g/mol. The molecule has 0 saturated heterocycles. The molecule has 2 aromatic carbocycles. The highest BCUT2D eigenvalue weighted by Crippen LogP contribution is 2.30. The van der Waals surface area contributed by atoms with Crippen LogP contribution in [0.4, 0.5) is 17.3 Å². The van der Waals surface area contributed by atoms with Crippen LogP contribution in [0.1, 0.15) is 0 Å². The van der Waals surface area contributed by atoms with Gasteiger partial charge in [-0.2, -0.15) is 0 Å². The van der Waals surface area contributed by atoms with Crippen molar-refractivity contribution in [3.63, 3.8) is 0 Å². The van der Waals surface area contributed by atoms with Crippen LogP contribution in [0.25, 0.3) is 0 Å². The Balaban J connectivity index is 1.57. The van der Waals surface area contributed by atoms with E-state index in [1.807, 2.05) is 24.3 Å². The first-order valence-electron chi connectivity index (χ1n) is 8.48. The van der Waals surface area contributed by atoms with Gasteiger partial charge in [-0.3, -0.25) is 4.79 Å². The third-order valence-electron chi connectivity index (χ3n) is 3.72. The first-order valence-corrected chi connectivity index (χ1v) is 8.48. The number of nitrogens with zero attached hydrogens (tertiary/aromatic N) is 2. The topological polar surface area (TPSA) is 94.6 Å². The third-order valence-corrected chi connectivity index (χ3v) is 3.72. The molecule has 3 aromatic rings. The number of hydrogen-bond acceptors (Lipinski definition) is 7. The fraction of sp³-hybridized carbons (Fsp3) is 0.150. The molecule has 2 N–H and O–H groups in total. The molecule has 1 heterocycles. The van der Waals surface area contributed by atoms with Crippen molar-refractivity contribution < 1.29 is 19.0 Å². The maximum absolute atomic E-state index is 12.0. The Morgan fingerprint density at radius 3 is 2.32 bits per heavy atom. The van der Waals surface area contributed by atoms with E-state index in [-0.39, 0.29) is 12.5 Å². The predicted octanol–water partition coefficient (Wildman–Crippen LogP) is 3.25. The highest BCUT2D eigenvalue weighted by molar-refractivity contribution is 5.90. The lowest BCUT2D eigenvalue weighted by Gasteiger charge is -2.12. The Morgan fingerprint density at radius 2 is 1.64 bits per heavy atom. The van der Waals surface area contributed by atoms with E-state index < -0.39 is 0 Å². The van der Waals surface area contributed by atoms with Crippen molar-refractivity contribution in [3.05, 3.63) is 60.7 Å². The Kier molecular flexibility index (Phi) is 6.25. The van der Waals surface area contributed by atoms with Crippen molar-refractivity contribution in [2.24, 2.45) is 0 Å². The van der Waals surface area contributed by atoms with Gasteiger partial charge in [-0.1, -0.05) is 18.2 Å². The van der Waals surface area contributed by atoms with Crippen LogP contribution >= 0.6 is 0 Å². The number of rotatable bonds is 8. The van der Waals surface area contributed by atoms with Crippen LogP contribution in [-0.4, -0.2) is 36.9 Å². The molecule has 0 fully saturated rings. The van der Waals surface area contributed by atoms with Crippen molar-refractivity contribution in [2.45, 2.75) is 0 Å². The van der Waals surface area contributed by atoms with Gasteiger partial charge in [0.25, 0.3) is 5.91 Å². The van der Waals surface area contributed by atoms with Gasteiger partial charge < -0.3 is 24.8 Å². The summed E-state index contributed by atoms with van der Waals surface area (Å²) >= 11 is 0. The molecule has 1 aromatic heterocycles. The lowest BCUT2D eigenvalue weighted by atomic mass is 10.2. The van der Waals surface area contributed by atoms with E-state index in [0.717, 1.165) is 0 Å². The summed E-state index contributed by atoms with van der Waals surface area (Å²) in [4.78, 5) is 12.0. The summed E-state index contributed by atoms with van der Waals surface area (Å²) in [6.45, 7) is -0.116. The Hall–Kier alpha value is -3.81. The maximum Gasteiger partial charge on any atom is 0.263 e. The van der Waals surface area contributed by atoms with Gasteiger partial charge >= 0.3 is 0 Å². The van der Waals surface area contributed by atoms with Crippen LogP contribution in [0.2, 0.25) is 0 Å². The van der Waals surface area contributed by atoms with Crippen LogP contribution in [0.15, 0.2) is 60.7 Å². The molecule has 144 valence electrons. The van der Waals surface area contributed by atoms with Gasteiger partial charge in [0.15, 0.2) is 18.2 Å². The number of methoxy groups -OCH3 is 2. The first-order chi connectivity index (χ1) is 13.7. The predicted molar refractivity (Wildman–Crippen MR) is 105 cm³/mol. The van der Waals surface area contributed by atoms with Gasteiger partial charge in [-0.15, -0.1) is 10.2 Å². The van der Waals surface area contributed by atoms with Crippen molar-refractivity contribution in [2.75, 3.05) is 31.5 Å². The van der Waals surface area contributed by atoms with E-state index in [1.54, 1.807) is 50.6 Å². The highest BCUT2D eigenvalue weighted by atomic mass is 16.5. The van der Waals surface area contributed by atoms with Gasteiger partial charge in [0, 0.05) is 6.07 Å². The van der Waals surface area contributed by atoms with Gasteiger partial charge in [0.05, 0.1) is 19.9 Å². The van der Waals surface area contributed by atoms with E-state index in [1.165, 1.54) is 0 Å². The summed E-state index contributed by atoms with van der Waals surface area (Å²) in [5.74, 6) is 2.42. The molecule has 8 nitrogen and oxygen atoms in total. The SMILES string of the molecule is COc1ccc(Nc2ccc(NC(=O)COc3ccccc3)nn2)c(OC)c1. The number of para-hydroxylation sites is 1. The van der Waals surface area contributed by atoms with Crippen molar-refractivity contribution in [3.8, 4) is 17.2 Å². The normalized spacial score (nSPS) is 10.1. The zero-order valence-electron chi connectivity index (χ0n) is 15.5. The second-order valence-corrected chi connectivity index (χ2v) is 5.64. The average Bonchev–Trinajstić information content (AvgIpc) is 2.74. The van der Waals surface area contributed by atoms with Crippen LogP contribution in [-0.2, 0) is 4.79 Å². The monoisotopic (exact) mass is 380 g/mol. The Morgan fingerprint density at radius 1 is 0.893 bits per heavy atom. The molecular formula is C20H20N4O4. The summed E-state index contributed by atoms with van der Waals surface area (Å²) < 4.78 is 15.9. The molecule has 0 bridgehead atoms. The van der Waals surface area contributed by atoms with Crippen LogP contribution in [0, 0.1) is 0 Å². The molecule has 0 spiro atoms. The fourth-order valence-corrected chi connectivity index (χ4v) is 2.35. The lowest BCUT2D eigenvalue weighted by Crippen LogP contribution is -2.21. The average molecular weight is 380 g/mol. The van der Waals surface area contributed by atoms with Gasteiger partial charge in [0.1, 0.15) is 17.2 Å². The number of aromatic nitrogens is 2. The summed E-state index contributed by atoms with van der Waals surface area (Å²) in [5, 5.41) is 13.8. The molecule has 3 rings (SSSR count). The molecule has 0 aliphatic heterocycles. The molecule has 0 radical (unpaired) electrons. The van der Waals surface area contributed by atoms with Gasteiger partial charge in [0.2, 0.25) is 0 Å². The zero-order valence-corrected chi connectivity index (χ0v) is 15.5. The molecule has 8 heteroatoms. The second-order valence-electron chi connectivity index (χ2n) is 5.64. The summed E-state index contributed by atoms with van der Waals surface area (Å²) in [7, 11) is 3.16. The quantitative estimate of drug-likeness (QED) is 0.619.